The second-order valence-corrected chi connectivity index (χ2v) is 8.75. The van der Waals surface area contributed by atoms with Crippen LogP contribution in [0, 0.1) is 10.1 Å². The van der Waals surface area contributed by atoms with Gasteiger partial charge in [-0.3, -0.25) is 19.5 Å². The van der Waals surface area contributed by atoms with E-state index < -0.39 is 22.5 Å². The molecular formula is C25H23N3O7S. The fraction of sp³-hybridized carbons (Fsp3) is 0.240. The van der Waals surface area contributed by atoms with Crippen molar-refractivity contribution in [2.75, 3.05) is 20.8 Å². The summed E-state index contributed by atoms with van der Waals surface area (Å²) in [6, 6.07) is 11.1. The van der Waals surface area contributed by atoms with Gasteiger partial charge in [0.25, 0.3) is 5.56 Å². The van der Waals surface area contributed by atoms with Crippen molar-refractivity contribution in [3.8, 4) is 11.5 Å². The third kappa shape index (κ3) is 4.40. The molecule has 1 atom stereocenters. The molecule has 0 bridgehead atoms. The summed E-state index contributed by atoms with van der Waals surface area (Å²) in [5.74, 6) is -0.213. The lowest BCUT2D eigenvalue weighted by Gasteiger charge is -2.24. The van der Waals surface area contributed by atoms with E-state index >= 15 is 0 Å². The first-order chi connectivity index (χ1) is 17.3. The lowest BCUT2D eigenvalue weighted by molar-refractivity contribution is -0.385. The van der Waals surface area contributed by atoms with Crippen molar-refractivity contribution >= 4 is 29.1 Å². The predicted molar refractivity (Wildman–Crippen MR) is 133 cm³/mol. The summed E-state index contributed by atoms with van der Waals surface area (Å²) in [5, 5.41) is 11.5. The molecule has 1 aliphatic heterocycles. The van der Waals surface area contributed by atoms with Gasteiger partial charge < -0.3 is 14.2 Å². The highest BCUT2D eigenvalue weighted by Crippen LogP contribution is 2.35. The van der Waals surface area contributed by atoms with E-state index in [9.17, 15) is 19.7 Å². The van der Waals surface area contributed by atoms with Crippen molar-refractivity contribution in [2.24, 2.45) is 4.99 Å². The fourth-order valence-electron chi connectivity index (χ4n) is 4.05. The summed E-state index contributed by atoms with van der Waals surface area (Å²) in [4.78, 5) is 42.5. The fourth-order valence-corrected chi connectivity index (χ4v) is 5.08. The molecule has 0 amide bonds. The van der Waals surface area contributed by atoms with Crippen molar-refractivity contribution in [3.63, 3.8) is 0 Å². The number of thiazole rings is 1. The van der Waals surface area contributed by atoms with Gasteiger partial charge in [0.05, 0.1) is 47.6 Å². The first-order valence-electron chi connectivity index (χ1n) is 11.0. The number of rotatable bonds is 7. The summed E-state index contributed by atoms with van der Waals surface area (Å²) < 4.78 is 17.5. The number of nitrogens with zero attached hydrogens (tertiary/aromatic N) is 3. The third-order valence-electron chi connectivity index (χ3n) is 5.65. The van der Waals surface area contributed by atoms with Crippen molar-refractivity contribution in [1.82, 2.24) is 4.57 Å². The number of nitro groups is 1. The minimum atomic E-state index is -0.740. The molecule has 2 aromatic carbocycles. The summed E-state index contributed by atoms with van der Waals surface area (Å²) in [5.41, 5.74) is 1.11. The zero-order valence-electron chi connectivity index (χ0n) is 20.0. The van der Waals surface area contributed by atoms with E-state index in [2.05, 4.69) is 4.99 Å². The van der Waals surface area contributed by atoms with Crippen LogP contribution in [-0.4, -0.2) is 36.3 Å². The van der Waals surface area contributed by atoms with Crippen LogP contribution in [0.4, 0.5) is 5.69 Å². The van der Waals surface area contributed by atoms with Crippen molar-refractivity contribution < 1.29 is 23.9 Å². The van der Waals surface area contributed by atoms with Crippen LogP contribution >= 0.6 is 11.3 Å². The van der Waals surface area contributed by atoms with Gasteiger partial charge in [0.2, 0.25) is 5.75 Å². The number of aromatic nitrogens is 1. The zero-order valence-corrected chi connectivity index (χ0v) is 20.8. The molecule has 36 heavy (non-hydrogen) atoms. The number of benzene rings is 2. The average Bonchev–Trinajstić information content (AvgIpc) is 3.17. The second kappa shape index (κ2) is 10.2. The molecule has 3 aromatic rings. The van der Waals surface area contributed by atoms with E-state index in [1.807, 2.05) is 30.3 Å². The largest absolute Gasteiger partial charge is 0.496 e. The van der Waals surface area contributed by atoms with Gasteiger partial charge in [0, 0.05) is 17.7 Å². The number of esters is 1. The van der Waals surface area contributed by atoms with Crippen LogP contribution in [-0.2, 0) is 9.53 Å². The van der Waals surface area contributed by atoms with Crippen LogP contribution in [0.25, 0.3) is 6.08 Å². The maximum absolute atomic E-state index is 13.7. The molecule has 11 heteroatoms. The Morgan fingerprint density at radius 1 is 1.19 bits per heavy atom. The number of ether oxygens (including phenoxy) is 3. The van der Waals surface area contributed by atoms with Crippen LogP contribution in [0.3, 0.4) is 0 Å². The Morgan fingerprint density at radius 3 is 2.50 bits per heavy atom. The standard InChI is InChI=1S/C25H23N3O7S/c1-5-35-24(30)21-14(2)26-25-27(22(21)15-9-7-6-8-10-15)23(29)20(36-25)12-16-11-17(28(31)32)19(34-4)13-18(16)33-3/h6-13,22H,5H2,1-4H3/b20-12-/t22-/m1/s1. The molecule has 0 saturated heterocycles. The highest BCUT2D eigenvalue weighted by atomic mass is 32.1. The lowest BCUT2D eigenvalue weighted by atomic mass is 9.96. The van der Waals surface area contributed by atoms with Crippen molar-refractivity contribution in [1.29, 1.82) is 0 Å². The van der Waals surface area contributed by atoms with E-state index in [1.165, 1.54) is 37.0 Å². The summed E-state index contributed by atoms with van der Waals surface area (Å²) in [6.07, 6.45) is 1.51. The molecule has 186 valence electrons. The van der Waals surface area contributed by atoms with Gasteiger partial charge in [-0.15, -0.1) is 0 Å². The van der Waals surface area contributed by atoms with Gasteiger partial charge in [0.1, 0.15) is 5.75 Å². The highest BCUT2D eigenvalue weighted by Gasteiger charge is 2.33. The molecule has 0 unspecified atom stereocenters. The minimum Gasteiger partial charge on any atom is -0.496 e. The van der Waals surface area contributed by atoms with Gasteiger partial charge in [-0.05, 0) is 25.5 Å². The quantitative estimate of drug-likeness (QED) is 0.273. The Kier molecular flexibility index (Phi) is 7.02. The molecule has 2 heterocycles. The summed E-state index contributed by atoms with van der Waals surface area (Å²) in [7, 11) is 2.75. The monoisotopic (exact) mass is 509 g/mol. The van der Waals surface area contributed by atoms with Crippen LogP contribution in [0.1, 0.15) is 31.0 Å². The molecule has 1 aliphatic rings. The van der Waals surface area contributed by atoms with Gasteiger partial charge in [-0.2, -0.15) is 0 Å². The van der Waals surface area contributed by atoms with E-state index in [1.54, 1.807) is 13.8 Å². The molecule has 0 saturated carbocycles. The van der Waals surface area contributed by atoms with E-state index in [0.29, 0.717) is 21.8 Å². The minimum absolute atomic E-state index is 0.0363. The first kappa shape index (κ1) is 24.9. The average molecular weight is 510 g/mol. The number of hydrogen-bond donors (Lipinski definition) is 0. The van der Waals surface area contributed by atoms with Crippen molar-refractivity contribution in [3.05, 3.63) is 94.7 Å². The van der Waals surface area contributed by atoms with Crippen LogP contribution in [0.5, 0.6) is 11.5 Å². The molecule has 4 rings (SSSR count). The maximum atomic E-state index is 13.7. The Balaban J connectivity index is 1.97. The summed E-state index contributed by atoms with van der Waals surface area (Å²) in [6.45, 7) is 3.59. The molecule has 0 spiro atoms. The van der Waals surface area contributed by atoms with Crippen LogP contribution in [0.2, 0.25) is 0 Å². The molecule has 0 radical (unpaired) electrons. The van der Waals surface area contributed by atoms with E-state index in [0.717, 1.165) is 16.9 Å². The van der Waals surface area contributed by atoms with E-state index in [4.69, 9.17) is 14.2 Å². The van der Waals surface area contributed by atoms with Gasteiger partial charge >= 0.3 is 11.7 Å². The van der Waals surface area contributed by atoms with Crippen LogP contribution < -0.4 is 24.4 Å². The SMILES string of the molecule is CCOC(=O)C1=C(C)N=c2s/c(=C\c3cc([N+](=O)[O-])c(OC)cc3OC)c(=O)n2[C@@H]1c1ccccc1. The number of nitro benzene ring substituents is 1. The lowest BCUT2D eigenvalue weighted by Crippen LogP contribution is -2.39. The van der Waals surface area contributed by atoms with Gasteiger partial charge in [-0.1, -0.05) is 41.7 Å². The number of allylic oxidation sites excluding steroid dienone is 1. The predicted octanol–water partition coefficient (Wildman–Crippen LogP) is 2.72. The number of carbonyl (C=O) groups is 1. The van der Waals surface area contributed by atoms with E-state index in [-0.39, 0.29) is 28.1 Å². The number of carbonyl (C=O) groups excluding carboxylic acids is 1. The number of methoxy groups -OCH3 is 2. The van der Waals surface area contributed by atoms with Crippen LogP contribution in [0.15, 0.2) is 63.5 Å². The van der Waals surface area contributed by atoms with Gasteiger partial charge in [-0.25, -0.2) is 9.79 Å². The Hall–Kier alpha value is -4.25. The van der Waals surface area contributed by atoms with Crippen molar-refractivity contribution in [2.45, 2.75) is 19.9 Å². The third-order valence-corrected chi connectivity index (χ3v) is 6.63. The maximum Gasteiger partial charge on any atom is 0.338 e. The molecule has 0 fully saturated rings. The first-order valence-corrected chi connectivity index (χ1v) is 11.8. The number of hydrogen-bond acceptors (Lipinski definition) is 9. The Morgan fingerprint density at radius 2 is 1.89 bits per heavy atom. The Labute approximate surface area is 209 Å². The molecular weight excluding hydrogens is 486 g/mol. The topological polar surface area (TPSA) is 122 Å². The second-order valence-electron chi connectivity index (χ2n) is 7.74. The molecule has 1 aromatic heterocycles. The molecule has 10 nitrogen and oxygen atoms in total. The highest BCUT2D eigenvalue weighted by molar-refractivity contribution is 7.07. The Bertz CT molecular complexity index is 1550. The normalized spacial score (nSPS) is 15.2. The smallest absolute Gasteiger partial charge is 0.338 e. The molecule has 0 N–H and O–H groups in total. The zero-order chi connectivity index (χ0) is 26.0. The molecule has 0 aliphatic carbocycles. The number of fused-ring (bicyclic) bond motifs is 1. The van der Waals surface area contributed by atoms with Gasteiger partial charge in [0.15, 0.2) is 4.80 Å². The summed E-state index contributed by atoms with van der Waals surface area (Å²) >= 11 is 1.11.